The van der Waals surface area contributed by atoms with E-state index in [0.717, 1.165) is 7.98 Å². The van der Waals surface area contributed by atoms with Crippen molar-refractivity contribution in [1.82, 2.24) is 0 Å². The van der Waals surface area contributed by atoms with E-state index < -0.39 is 0 Å². The van der Waals surface area contributed by atoms with Crippen LogP contribution in [-0.4, -0.2) is 23.7 Å². The lowest BCUT2D eigenvalue weighted by atomic mass is 10.1. The molecule has 0 fully saturated rings. The molecule has 0 radical (unpaired) electrons. The van der Waals surface area contributed by atoms with Crippen molar-refractivity contribution < 1.29 is 9.53 Å². The van der Waals surface area contributed by atoms with E-state index in [1.165, 1.54) is 63.5 Å². The van der Waals surface area contributed by atoms with E-state index in [1.54, 1.807) is 0 Å². The Hall–Kier alpha value is 0.887. The maximum absolute atomic E-state index is 10.8. The molecule has 0 spiro atoms. The van der Waals surface area contributed by atoms with Gasteiger partial charge in [-0.05, 0) is 6.42 Å². The van der Waals surface area contributed by atoms with Gasteiger partial charge in [0.1, 0.15) is 0 Å². The largest absolute Gasteiger partial charge is 0.463 e. The molecular weight excluding hydrogens is 494 g/mol. The Labute approximate surface area is 154 Å². The van der Waals surface area contributed by atoms with E-state index in [-0.39, 0.29) is 15.5 Å². The SMILES string of the molecule is C=CC(=O)OCCCCCCCCCCC[SiH2]C(I)I. The Morgan fingerprint density at radius 2 is 1.50 bits per heavy atom. The smallest absolute Gasteiger partial charge is 0.330 e. The molecule has 20 heavy (non-hydrogen) atoms. The van der Waals surface area contributed by atoms with E-state index in [9.17, 15) is 4.79 Å². The minimum atomic E-state index is -0.301. The van der Waals surface area contributed by atoms with Crippen molar-refractivity contribution >= 4 is 60.7 Å². The molecule has 0 aromatic rings. The van der Waals surface area contributed by atoms with Crippen LogP contribution in [0, 0.1) is 0 Å². The number of esters is 1. The summed E-state index contributed by atoms with van der Waals surface area (Å²) in [5, 5.41) is 0. The molecule has 2 nitrogen and oxygen atoms in total. The van der Waals surface area contributed by atoms with Gasteiger partial charge in [0.2, 0.25) is 0 Å². The lowest BCUT2D eigenvalue weighted by molar-refractivity contribution is -0.137. The Morgan fingerprint density at radius 1 is 1.00 bits per heavy atom. The van der Waals surface area contributed by atoms with Crippen molar-refractivity contribution in [2.24, 2.45) is 0 Å². The molecule has 0 aromatic carbocycles. The highest BCUT2D eigenvalue weighted by Crippen LogP contribution is 2.13. The van der Waals surface area contributed by atoms with Crippen LogP contribution in [-0.2, 0) is 9.53 Å². The third-order valence-electron chi connectivity index (χ3n) is 3.23. The van der Waals surface area contributed by atoms with Crippen LogP contribution in [0.25, 0.3) is 0 Å². The molecule has 0 aliphatic rings. The predicted molar refractivity (Wildman–Crippen MR) is 108 cm³/mol. The molecule has 0 rings (SSSR count). The first-order chi connectivity index (χ1) is 9.66. The van der Waals surface area contributed by atoms with E-state index in [4.69, 9.17) is 4.74 Å². The van der Waals surface area contributed by atoms with E-state index in [2.05, 4.69) is 51.8 Å². The molecule has 0 unspecified atom stereocenters. The van der Waals surface area contributed by atoms with Gasteiger partial charge in [0, 0.05) is 17.2 Å². The number of ether oxygens (including phenoxy) is 1. The van der Waals surface area contributed by atoms with Crippen molar-refractivity contribution in [2.45, 2.75) is 65.4 Å². The van der Waals surface area contributed by atoms with Crippen LogP contribution in [0.15, 0.2) is 12.7 Å². The fourth-order valence-electron chi connectivity index (χ4n) is 2.05. The third kappa shape index (κ3) is 16.9. The van der Waals surface area contributed by atoms with Crippen LogP contribution in [0.3, 0.4) is 0 Å². The first kappa shape index (κ1) is 20.9. The number of unbranched alkanes of at least 4 members (excludes halogenated alkanes) is 8. The van der Waals surface area contributed by atoms with Crippen molar-refractivity contribution in [3.8, 4) is 0 Å². The summed E-state index contributed by atoms with van der Waals surface area (Å²) < 4.78 is 5.88. The molecule has 0 aromatic heterocycles. The van der Waals surface area contributed by atoms with Crippen molar-refractivity contribution in [1.29, 1.82) is 0 Å². The van der Waals surface area contributed by atoms with Crippen LogP contribution < -0.4 is 0 Å². The highest BCUT2D eigenvalue weighted by atomic mass is 127. The maximum Gasteiger partial charge on any atom is 0.330 e. The normalized spacial score (nSPS) is 11.3. The van der Waals surface area contributed by atoms with Gasteiger partial charge in [0.15, 0.2) is 0 Å². The zero-order chi connectivity index (χ0) is 15.1. The molecule has 0 atom stereocenters. The molecule has 0 saturated carbocycles. The Morgan fingerprint density at radius 3 is 2.00 bits per heavy atom. The van der Waals surface area contributed by atoms with Crippen LogP contribution >= 0.6 is 45.2 Å². The van der Waals surface area contributed by atoms with Crippen molar-refractivity contribution in [3.63, 3.8) is 0 Å². The van der Waals surface area contributed by atoms with E-state index in [1.807, 2.05) is 0 Å². The molecule has 0 heterocycles. The summed E-state index contributed by atoms with van der Waals surface area (Å²) in [7, 11) is 0.214. The lowest BCUT2D eigenvalue weighted by Crippen LogP contribution is -2.01. The highest BCUT2D eigenvalue weighted by Gasteiger charge is 1.98. The Bertz CT molecular complexity index is 248. The average Bonchev–Trinajstić information content (AvgIpc) is 2.43. The zero-order valence-corrected chi connectivity index (χ0v) is 18.1. The lowest BCUT2D eigenvalue weighted by Gasteiger charge is -2.04. The van der Waals surface area contributed by atoms with Gasteiger partial charge in [-0.25, -0.2) is 4.79 Å². The van der Waals surface area contributed by atoms with Crippen LogP contribution in [0.5, 0.6) is 0 Å². The second-order valence-electron chi connectivity index (χ2n) is 5.09. The molecule has 0 N–H and O–H groups in total. The summed E-state index contributed by atoms with van der Waals surface area (Å²) in [6.45, 7) is 3.92. The second-order valence-corrected chi connectivity index (χ2v) is 15.9. The minimum absolute atomic E-state index is 0.214. The molecule has 0 bridgehead atoms. The standard InChI is InChI=1S/C15H28I2O2Si/c1-2-14(18)19-12-10-8-6-4-3-5-7-9-11-13-20-15(16)17/h2,15H,1,3-13,20H2. The number of rotatable bonds is 14. The topological polar surface area (TPSA) is 26.3 Å². The number of alkyl halides is 2. The van der Waals surface area contributed by atoms with E-state index >= 15 is 0 Å². The molecule has 5 heteroatoms. The first-order valence-corrected chi connectivity index (χ1v) is 12.0. The van der Waals surface area contributed by atoms with Gasteiger partial charge < -0.3 is 4.74 Å². The maximum atomic E-state index is 10.8. The summed E-state index contributed by atoms with van der Waals surface area (Å²) in [5.41, 5.74) is 0. The fourth-order valence-corrected chi connectivity index (χ4v) is 5.64. The van der Waals surface area contributed by atoms with Crippen LogP contribution in [0.1, 0.15) is 57.8 Å². The quantitative estimate of drug-likeness (QED) is 0.0805. The van der Waals surface area contributed by atoms with Gasteiger partial charge in [0.25, 0.3) is 0 Å². The Kier molecular flexibility index (Phi) is 17.0. The molecular formula is C15H28I2O2Si. The summed E-state index contributed by atoms with van der Waals surface area (Å²) in [4.78, 5) is 10.8. The molecule has 0 amide bonds. The molecule has 0 saturated heterocycles. The molecule has 0 aliphatic carbocycles. The zero-order valence-electron chi connectivity index (χ0n) is 12.4. The number of hydrogen-bond acceptors (Lipinski definition) is 2. The van der Waals surface area contributed by atoms with Crippen LogP contribution in [0.4, 0.5) is 0 Å². The number of hydrogen-bond donors (Lipinski definition) is 0. The average molecular weight is 522 g/mol. The van der Waals surface area contributed by atoms with Gasteiger partial charge in [-0.3, -0.25) is 0 Å². The summed E-state index contributed by atoms with van der Waals surface area (Å²) >= 11 is 5.11. The first-order valence-electron chi connectivity index (χ1n) is 7.74. The number of halogens is 2. The molecule has 0 aliphatic heterocycles. The van der Waals surface area contributed by atoms with Gasteiger partial charge in [-0.2, -0.15) is 0 Å². The van der Waals surface area contributed by atoms with Gasteiger partial charge in [-0.1, -0.05) is 109 Å². The summed E-state index contributed by atoms with van der Waals surface area (Å²) in [6, 6.07) is 1.53. The van der Waals surface area contributed by atoms with E-state index in [0.29, 0.717) is 6.61 Å². The van der Waals surface area contributed by atoms with Gasteiger partial charge >= 0.3 is 5.97 Å². The highest BCUT2D eigenvalue weighted by molar-refractivity contribution is 14.2. The fraction of sp³-hybridized carbons (Fsp3) is 0.800. The molecule has 118 valence electrons. The predicted octanol–water partition coefficient (Wildman–Crippen LogP) is 4.97. The van der Waals surface area contributed by atoms with Crippen molar-refractivity contribution in [2.75, 3.05) is 6.61 Å². The third-order valence-corrected chi connectivity index (χ3v) is 8.31. The monoisotopic (exact) mass is 522 g/mol. The van der Waals surface area contributed by atoms with Crippen LogP contribution in [0.2, 0.25) is 6.04 Å². The summed E-state index contributed by atoms with van der Waals surface area (Å²) in [5.74, 6) is -0.301. The second kappa shape index (κ2) is 16.3. The van der Waals surface area contributed by atoms with Gasteiger partial charge in [-0.15, -0.1) is 0 Å². The van der Waals surface area contributed by atoms with Crippen molar-refractivity contribution in [3.05, 3.63) is 12.7 Å². The number of carbonyl (C=O) groups excluding carboxylic acids is 1. The number of carbonyl (C=O) groups is 1. The minimum Gasteiger partial charge on any atom is -0.463 e. The Balaban J connectivity index is 3.03. The summed E-state index contributed by atoms with van der Waals surface area (Å²) in [6.07, 6.45) is 13.0. The van der Waals surface area contributed by atoms with Gasteiger partial charge in [0.05, 0.1) is 6.61 Å².